The molecule has 0 bridgehead atoms. The highest BCUT2D eigenvalue weighted by Gasteiger charge is 2.25. The van der Waals surface area contributed by atoms with Crippen LogP contribution < -0.4 is 0 Å². The van der Waals surface area contributed by atoms with Gasteiger partial charge in [-0.15, -0.1) is 0 Å². The molecule has 4 nitrogen and oxygen atoms in total. The van der Waals surface area contributed by atoms with Gasteiger partial charge in [-0.25, -0.2) is 9.59 Å². The van der Waals surface area contributed by atoms with Gasteiger partial charge in [0.05, 0.1) is 11.1 Å². The highest BCUT2D eigenvalue weighted by molar-refractivity contribution is 6.14. The van der Waals surface area contributed by atoms with Crippen LogP contribution in [-0.2, 0) is 6.42 Å². The van der Waals surface area contributed by atoms with Crippen LogP contribution in [0.3, 0.4) is 0 Å². The van der Waals surface area contributed by atoms with Crippen molar-refractivity contribution in [1.29, 1.82) is 0 Å². The van der Waals surface area contributed by atoms with Crippen molar-refractivity contribution >= 4 is 28.8 Å². The Kier molecular flexibility index (Phi) is 2.79. The molecule has 0 atom stereocenters. The van der Waals surface area contributed by atoms with E-state index in [1.807, 2.05) is 6.08 Å². The van der Waals surface area contributed by atoms with Gasteiger partial charge in [0.1, 0.15) is 0 Å². The first kappa shape index (κ1) is 12.4. The van der Waals surface area contributed by atoms with Gasteiger partial charge in [-0.1, -0.05) is 36.4 Å². The molecule has 2 aromatic carbocycles. The van der Waals surface area contributed by atoms with Crippen molar-refractivity contribution in [2.75, 3.05) is 0 Å². The second kappa shape index (κ2) is 4.49. The first-order valence-corrected chi connectivity index (χ1v) is 6.32. The molecule has 4 heteroatoms. The van der Waals surface area contributed by atoms with Crippen molar-refractivity contribution in [3.05, 3.63) is 52.6 Å². The monoisotopic (exact) mass is 268 g/mol. The average molecular weight is 268 g/mol. The van der Waals surface area contributed by atoms with Crippen LogP contribution in [0.5, 0.6) is 0 Å². The van der Waals surface area contributed by atoms with E-state index in [0.29, 0.717) is 28.3 Å². The summed E-state index contributed by atoms with van der Waals surface area (Å²) in [7, 11) is 0. The molecule has 0 heterocycles. The smallest absolute Gasteiger partial charge is 0.336 e. The Balaban J connectivity index is 2.57. The van der Waals surface area contributed by atoms with E-state index in [4.69, 9.17) is 0 Å². The highest BCUT2D eigenvalue weighted by Crippen LogP contribution is 2.34. The van der Waals surface area contributed by atoms with Gasteiger partial charge in [0.25, 0.3) is 0 Å². The molecule has 0 saturated carbocycles. The van der Waals surface area contributed by atoms with Gasteiger partial charge in [-0.05, 0) is 34.7 Å². The zero-order valence-corrected chi connectivity index (χ0v) is 10.6. The summed E-state index contributed by atoms with van der Waals surface area (Å²) in [5, 5.41) is 20.0. The van der Waals surface area contributed by atoms with Crippen LogP contribution in [0.25, 0.3) is 16.8 Å². The number of carbonyl (C=O) groups is 2. The maximum Gasteiger partial charge on any atom is 0.336 e. The fraction of sp³-hybridized carbons (Fsp3) is 0.125. The van der Waals surface area contributed by atoms with Gasteiger partial charge < -0.3 is 10.2 Å². The van der Waals surface area contributed by atoms with E-state index in [2.05, 4.69) is 0 Å². The molecule has 2 N–H and O–H groups in total. The van der Waals surface area contributed by atoms with Gasteiger partial charge in [0.15, 0.2) is 0 Å². The molecule has 0 fully saturated rings. The molecule has 3 rings (SSSR count). The molecular weight excluding hydrogens is 256 g/mol. The largest absolute Gasteiger partial charge is 0.478 e. The van der Waals surface area contributed by atoms with E-state index in [9.17, 15) is 19.8 Å². The minimum absolute atomic E-state index is 0.191. The Morgan fingerprint density at radius 1 is 0.950 bits per heavy atom. The Morgan fingerprint density at radius 2 is 1.55 bits per heavy atom. The summed E-state index contributed by atoms with van der Waals surface area (Å²) in [6.07, 6.45) is 4.89. The average Bonchev–Trinajstić information content (AvgIpc) is 2.43. The predicted molar refractivity (Wildman–Crippen MR) is 75.2 cm³/mol. The van der Waals surface area contributed by atoms with Crippen LogP contribution in [0.1, 0.15) is 38.3 Å². The molecule has 0 spiro atoms. The van der Waals surface area contributed by atoms with Gasteiger partial charge in [-0.2, -0.15) is 0 Å². The molecule has 0 saturated heterocycles. The van der Waals surface area contributed by atoms with Crippen molar-refractivity contribution in [3.63, 3.8) is 0 Å². The lowest BCUT2D eigenvalue weighted by atomic mass is 9.84. The number of hydrogen-bond acceptors (Lipinski definition) is 2. The lowest BCUT2D eigenvalue weighted by molar-refractivity contribution is 0.0683. The number of aromatic carboxylic acids is 2. The predicted octanol–water partition coefficient (Wildman–Crippen LogP) is 3.20. The van der Waals surface area contributed by atoms with Gasteiger partial charge >= 0.3 is 11.9 Å². The van der Waals surface area contributed by atoms with E-state index in [-0.39, 0.29) is 11.1 Å². The molecule has 0 unspecified atom stereocenters. The van der Waals surface area contributed by atoms with Crippen LogP contribution in [0.4, 0.5) is 0 Å². The SMILES string of the molecule is O=C(O)c1c2c(c(C(=O)O)c3ccccc13)CCC=C2. The second-order valence-electron chi connectivity index (χ2n) is 4.74. The standard InChI is InChI=1S/C16H12O4/c17-15(18)13-9-5-1-2-6-10(9)14(16(19)20)12-8-4-3-7-11(12)13/h1-3,5-7H,4,8H2,(H,17,18)(H,19,20). The maximum atomic E-state index is 11.6. The Labute approximate surface area is 115 Å². The number of carboxylic acids is 2. The molecule has 0 amide bonds. The summed E-state index contributed by atoms with van der Waals surface area (Å²) in [6.45, 7) is 0. The quantitative estimate of drug-likeness (QED) is 0.877. The number of carboxylic acid groups (broad SMARTS) is 2. The van der Waals surface area contributed by atoms with Crippen molar-refractivity contribution < 1.29 is 19.8 Å². The summed E-state index contributed by atoms with van der Waals surface area (Å²) in [6, 6.07) is 6.78. The Morgan fingerprint density at radius 3 is 2.15 bits per heavy atom. The van der Waals surface area contributed by atoms with Gasteiger partial charge in [-0.3, -0.25) is 0 Å². The highest BCUT2D eigenvalue weighted by atomic mass is 16.4. The van der Waals surface area contributed by atoms with Crippen LogP contribution >= 0.6 is 0 Å². The van der Waals surface area contributed by atoms with E-state index in [1.165, 1.54) is 0 Å². The number of hydrogen-bond donors (Lipinski definition) is 2. The third-order valence-electron chi connectivity index (χ3n) is 3.64. The van der Waals surface area contributed by atoms with Gasteiger partial charge in [0.2, 0.25) is 0 Å². The third kappa shape index (κ3) is 1.69. The summed E-state index contributed by atoms with van der Waals surface area (Å²) >= 11 is 0. The molecule has 1 aliphatic carbocycles. The van der Waals surface area contributed by atoms with Gasteiger partial charge in [0, 0.05) is 0 Å². The number of allylic oxidation sites excluding steroid dienone is 1. The zero-order chi connectivity index (χ0) is 14.3. The fourth-order valence-corrected chi connectivity index (χ4v) is 2.86. The summed E-state index contributed by atoms with van der Waals surface area (Å²) in [5.41, 5.74) is 1.57. The molecule has 0 aliphatic heterocycles. The van der Waals surface area contributed by atoms with Crippen molar-refractivity contribution in [2.45, 2.75) is 12.8 Å². The molecular formula is C16H12O4. The minimum atomic E-state index is -1.03. The summed E-state index contributed by atoms with van der Waals surface area (Å²) in [5.74, 6) is -2.04. The van der Waals surface area contributed by atoms with E-state index >= 15 is 0 Å². The fourth-order valence-electron chi connectivity index (χ4n) is 2.86. The Hall–Kier alpha value is -2.62. The topological polar surface area (TPSA) is 74.6 Å². The second-order valence-corrected chi connectivity index (χ2v) is 4.74. The van der Waals surface area contributed by atoms with Crippen LogP contribution in [-0.4, -0.2) is 22.2 Å². The third-order valence-corrected chi connectivity index (χ3v) is 3.64. The number of benzene rings is 2. The van der Waals surface area contributed by atoms with Crippen molar-refractivity contribution in [3.8, 4) is 0 Å². The van der Waals surface area contributed by atoms with E-state index in [0.717, 1.165) is 6.42 Å². The summed E-state index contributed by atoms with van der Waals surface area (Å²) in [4.78, 5) is 23.2. The molecule has 20 heavy (non-hydrogen) atoms. The van der Waals surface area contributed by atoms with E-state index < -0.39 is 11.9 Å². The lowest BCUT2D eigenvalue weighted by Gasteiger charge is -2.19. The van der Waals surface area contributed by atoms with Crippen LogP contribution in [0, 0.1) is 0 Å². The van der Waals surface area contributed by atoms with Crippen molar-refractivity contribution in [1.82, 2.24) is 0 Å². The molecule has 0 radical (unpaired) electrons. The maximum absolute atomic E-state index is 11.6. The number of fused-ring (bicyclic) bond motifs is 2. The van der Waals surface area contributed by atoms with E-state index in [1.54, 1.807) is 30.3 Å². The Bertz CT molecular complexity index is 772. The number of rotatable bonds is 2. The first-order valence-electron chi connectivity index (χ1n) is 6.32. The molecule has 0 aromatic heterocycles. The van der Waals surface area contributed by atoms with Crippen LogP contribution in [0.15, 0.2) is 30.3 Å². The van der Waals surface area contributed by atoms with Crippen molar-refractivity contribution in [2.24, 2.45) is 0 Å². The minimum Gasteiger partial charge on any atom is -0.478 e. The van der Waals surface area contributed by atoms with Crippen LogP contribution in [0.2, 0.25) is 0 Å². The zero-order valence-electron chi connectivity index (χ0n) is 10.6. The normalized spacial score (nSPS) is 13.2. The molecule has 100 valence electrons. The molecule has 1 aliphatic rings. The molecule has 2 aromatic rings. The lowest BCUT2D eigenvalue weighted by Crippen LogP contribution is -2.13. The summed E-state index contributed by atoms with van der Waals surface area (Å²) < 4.78 is 0. The first-order chi connectivity index (χ1) is 9.61.